The highest BCUT2D eigenvalue weighted by atomic mass is 19.4. The molecule has 0 saturated heterocycles. The summed E-state index contributed by atoms with van der Waals surface area (Å²) in [6.45, 7) is 0.605. The normalized spacial score (nSPS) is 11.4. The molecule has 0 saturated carbocycles. The molecule has 0 bridgehead atoms. The second kappa shape index (κ2) is 7.14. The van der Waals surface area contributed by atoms with Crippen LogP contribution in [-0.2, 0) is 6.18 Å². The first-order chi connectivity index (χ1) is 9.36. The highest BCUT2D eigenvalue weighted by molar-refractivity contribution is 5.91. The van der Waals surface area contributed by atoms with Crippen molar-refractivity contribution in [2.75, 3.05) is 18.5 Å². The first-order valence-corrected chi connectivity index (χ1v) is 6.15. The van der Waals surface area contributed by atoms with E-state index in [-0.39, 0.29) is 6.61 Å². The van der Waals surface area contributed by atoms with Crippen LogP contribution < -0.4 is 5.32 Å². The summed E-state index contributed by atoms with van der Waals surface area (Å²) in [5, 5.41) is 20.3. The number of carboxylic acids is 1. The van der Waals surface area contributed by atoms with Crippen LogP contribution in [0.5, 0.6) is 0 Å². The number of aromatic carboxylic acids is 1. The molecule has 0 aliphatic heterocycles. The Bertz CT molecular complexity index is 461. The van der Waals surface area contributed by atoms with Gasteiger partial charge in [-0.05, 0) is 37.5 Å². The van der Waals surface area contributed by atoms with Crippen LogP contribution in [0.25, 0.3) is 0 Å². The number of nitrogens with one attached hydrogen (secondary N) is 1. The number of hydrogen-bond donors (Lipinski definition) is 3. The van der Waals surface area contributed by atoms with Gasteiger partial charge in [0, 0.05) is 18.8 Å². The van der Waals surface area contributed by atoms with Crippen molar-refractivity contribution < 1.29 is 28.2 Å². The average molecular weight is 291 g/mol. The lowest BCUT2D eigenvalue weighted by Crippen LogP contribution is -2.13. The number of aliphatic hydroxyl groups is 1. The van der Waals surface area contributed by atoms with Crippen molar-refractivity contribution in [1.82, 2.24) is 0 Å². The molecule has 1 aromatic carbocycles. The third kappa shape index (κ3) is 4.73. The highest BCUT2D eigenvalue weighted by Crippen LogP contribution is 2.33. The Labute approximate surface area is 114 Å². The molecule has 3 N–H and O–H groups in total. The molecule has 7 heteroatoms. The number of halogens is 3. The van der Waals surface area contributed by atoms with Crippen LogP contribution in [0.1, 0.15) is 35.2 Å². The SMILES string of the molecule is O=C(O)c1cc(NCCCCCO)ccc1C(F)(F)F. The Morgan fingerprint density at radius 2 is 1.90 bits per heavy atom. The molecule has 0 aliphatic rings. The van der Waals surface area contributed by atoms with Crippen LogP contribution in [0.15, 0.2) is 18.2 Å². The summed E-state index contributed by atoms with van der Waals surface area (Å²) in [6, 6.07) is 2.96. The van der Waals surface area contributed by atoms with E-state index in [0.29, 0.717) is 18.7 Å². The molecular weight excluding hydrogens is 275 g/mol. The van der Waals surface area contributed by atoms with Crippen molar-refractivity contribution in [3.63, 3.8) is 0 Å². The van der Waals surface area contributed by atoms with Crippen molar-refractivity contribution >= 4 is 11.7 Å². The smallest absolute Gasteiger partial charge is 0.417 e. The Hall–Kier alpha value is -1.76. The maximum atomic E-state index is 12.6. The number of hydrogen-bond acceptors (Lipinski definition) is 3. The van der Waals surface area contributed by atoms with Gasteiger partial charge in [0.05, 0.1) is 11.1 Å². The Kier molecular flexibility index (Phi) is 5.82. The largest absolute Gasteiger partial charge is 0.478 e. The van der Waals surface area contributed by atoms with Crippen LogP contribution in [0.3, 0.4) is 0 Å². The van der Waals surface area contributed by atoms with Gasteiger partial charge in [-0.15, -0.1) is 0 Å². The van der Waals surface area contributed by atoms with E-state index in [9.17, 15) is 18.0 Å². The van der Waals surface area contributed by atoms with Crippen LogP contribution in [0, 0.1) is 0 Å². The summed E-state index contributed by atoms with van der Waals surface area (Å²) in [4.78, 5) is 10.9. The van der Waals surface area contributed by atoms with Gasteiger partial charge in [-0.2, -0.15) is 13.2 Å². The number of rotatable bonds is 7. The number of benzene rings is 1. The first kappa shape index (κ1) is 16.3. The number of carbonyl (C=O) groups is 1. The molecule has 0 amide bonds. The van der Waals surface area contributed by atoms with E-state index in [4.69, 9.17) is 10.2 Å². The molecule has 1 rings (SSSR count). The van der Waals surface area contributed by atoms with Gasteiger partial charge < -0.3 is 15.5 Å². The second-order valence-electron chi connectivity index (χ2n) is 4.27. The van der Waals surface area contributed by atoms with Gasteiger partial charge in [0.25, 0.3) is 0 Å². The lowest BCUT2D eigenvalue weighted by molar-refractivity contribution is -0.138. The van der Waals surface area contributed by atoms with E-state index in [1.165, 1.54) is 6.07 Å². The van der Waals surface area contributed by atoms with Gasteiger partial charge in [0.1, 0.15) is 0 Å². The Balaban J connectivity index is 2.76. The zero-order valence-corrected chi connectivity index (χ0v) is 10.7. The van der Waals surface area contributed by atoms with Gasteiger partial charge >= 0.3 is 12.1 Å². The average Bonchev–Trinajstić information content (AvgIpc) is 2.37. The molecule has 112 valence electrons. The van der Waals surface area contributed by atoms with E-state index < -0.39 is 23.3 Å². The van der Waals surface area contributed by atoms with Crippen LogP contribution in [-0.4, -0.2) is 29.3 Å². The number of aliphatic hydroxyl groups excluding tert-OH is 1. The van der Waals surface area contributed by atoms with E-state index >= 15 is 0 Å². The van der Waals surface area contributed by atoms with Gasteiger partial charge in [0.2, 0.25) is 0 Å². The predicted octanol–water partition coefficient (Wildman–Crippen LogP) is 2.98. The molecule has 20 heavy (non-hydrogen) atoms. The van der Waals surface area contributed by atoms with Crippen molar-refractivity contribution in [1.29, 1.82) is 0 Å². The molecule has 0 aromatic heterocycles. The number of unbranched alkanes of at least 4 members (excludes halogenated alkanes) is 2. The number of alkyl halides is 3. The molecule has 1 aromatic rings. The van der Waals surface area contributed by atoms with E-state index in [2.05, 4.69) is 5.32 Å². The van der Waals surface area contributed by atoms with Crippen molar-refractivity contribution in [3.05, 3.63) is 29.3 Å². The minimum Gasteiger partial charge on any atom is -0.478 e. The first-order valence-electron chi connectivity index (χ1n) is 6.15. The standard InChI is InChI=1S/C13H16F3NO3/c14-13(15,16)11-5-4-9(8-10(11)12(19)20)17-6-2-1-3-7-18/h4-5,8,17-18H,1-3,6-7H2,(H,19,20). The lowest BCUT2D eigenvalue weighted by Gasteiger charge is -2.13. The molecule has 0 heterocycles. The number of anilines is 1. The molecule has 0 atom stereocenters. The monoisotopic (exact) mass is 291 g/mol. The maximum Gasteiger partial charge on any atom is 0.417 e. The van der Waals surface area contributed by atoms with Crippen molar-refractivity contribution in [3.8, 4) is 0 Å². The molecule has 0 aliphatic carbocycles. The quantitative estimate of drug-likeness (QED) is 0.675. The summed E-state index contributed by atoms with van der Waals surface area (Å²) in [7, 11) is 0. The van der Waals surface area contributed by atoms with Crippen LogP contribution >= 0.6 is 0 Å². The van der Waals surface area contributed by atoms with Crippen LogP contribution in [0.2, 0.25) is 0 Å². The second-order valence-corrected chi connectivity index (χ2v) is 4.27. The lowest BCUT2D eigenvalue weighted by atomic mass is 10.1. The topological polar surface area (TPSA) is 69.6 Å². The minimum absolute atomic E-state index is 0.101. The molecule has 0 spiro atoms. The summed E-state index contributed by atoms with van der Waals surface area (Å²) in [5.74, 6) is -1.61. The molecule has 0 unspecified atom stereocenters. The zero-order chi connectivity index (χ0) is 15.2. The predicted molar refractivity (Wildman–Crippen MR) is 67.8 cm³/mol. The van der Waals surface area contributed by atoms with Gasteiger partial charge in [0.15, 0.2) is 0 Å². The highest BCUT2D eigenvalue weighted by Gasteiger charge is 2.35. The van der Waals surface area contributed by atoms with Crippen molar-refractivity contribution in [2.45, 2.75) is 25.4 Å². The Morgan fingerprint density at radius 3 is 2.45 bits per heavy atom. The summed E-state index contributed by atoms with van der Waals surface area (Å²) in [6.07, 6.45) is -2.50. The van der Waals surface area contributed by atoms with E-state index in [1.54, 1.807) is 0 Å². The minimum atomic E-state index is -4.69. The molecule has 4 nitrogen and oxygen atoms in total. The fraction of sp³-hybridized carbons (Fsp3) is 0.462. The third-order valence-corrected chi connectivity index (χ3v) is 2.72. The van der Waals surface area contributed by atoms with E-state index in [1.807, 2.05) is 0 Å². The van der Waals surface area contributed by atoms with Gasteiger partial charge in [-0.3, -0.25) is 0 Å². The zero-order valence-electron chi connectivity index (χ0n) is 10.7. The molecule has 0 fully saturated rings. The van der Waals surface area contributed by atoms with Crippen molar-refractivity contribution in [2.24, 2.45) is 0 Å². The molecule has 0 radical (unpaired) electrons. The summed E-state index contributed by atoms with van der Waals surface area (Å²) >= 11 is 0. The Morgan fingerprint density at radius 1 is 1.20 bits per heavy atom. The fourth-order valence-corrected chi connectivity index (χ4v) is 1.72. The van der Waals surface area contributed by atoms with E-state index in [0.717, 1.165) is 25.0 Å². The van der Waals surface area contributed by atoms with Crippen LogP contribution in [0.4, 0.5) is 18.9 Å². The summed E-state index contributed by atoms with van der Waals surface area (Å²) < 4.78 is 37.9. The third-order valence-electron chi connectivity index (χ3n) is 2.72. The fourth-order valence-electron chi connectivity index (χ4n) is 1.72. The maximum absolute atomic E-state index is 12.6. The van der Waals surface area contributed by atoms with Gasteiger partial charge in [-0.25, -0.2) is 4.79 Å². The van der Waals surface area contributed by atoms with Gasteiger partial charge in [-0.1, -0.05) is 0 Å². The summed E-state index contributed by atoms with van der Waals surface area (Å²) in [5.41, 5.74) is -1.59. The molecular formula is C13H16F3NO3. The number of carboxylic acid groups (broad SMARTS) is 1.